The molecule has 5 heteroatoms. The first kappa shape index (κ1) is 31.6. The van der Waals surface area contributed by atoms with Gasteiger partial charge in [0, 0.05) is 32.7 Å². The Kier molecular flexibility index (Phi) is 6.85. The maximum atomic E-state index is 5.29. The molecule has 0 N–H and O–H groups in total. The van der Waals surface area contributed by atoms with E-state index in [4.69, 9.17) is 15.0 Å². The summed E-state index contributed by atoms with van der Waals surface area (Å²) in [6.07, 6.45) is 1.12. The van der Waals surface area contributed by atoms with Crippen LogP contribution in [0, 0.1) is 5.92 Å². The number of hydrogen-bond donors (Lipinski definition) is 0. The zero-order chi connectivity index (χ0) is 36.1. The van der Waals surface area contributed by atoms with Crippen LogP contribution < -0.4 is 0 Å². The second kappa shape index (κ2) is 11.5. The Morgan fingerprint density at radius 2 is 1.02 bits per heavy atom. The normalized spacial score (nSPS) is 16.4. The van der Waals surface area contributed by atoms with Crippen LogP contribution in [0.2, 0.25) is 0 Å². The SMILES string of the molecule is CC1CC(C)(C)c2c(-n3c4ccccc4c4ccc5c6ccccc6n(-c6nc(-c7ccccc7)nc(-c7ccccc7)n6)c5c43)cccc2C1(C)C. The van der Waals surface area contributed by atoms with Crippen molar-refractivity contribution in [3.8, 4) is 34.4 Å². The molecular weight excluding hydrogens is 647 g/mol. The van der Waals surface area contributed by atoms with Crippen molar-refractivity contribution in [3.05, 3.63) is 151 Å². The van der Waals surface area contributed by atoms with E-state index in [2.05, 4.69) is 147 Å². The predicted molar refractivity (Wildman–Crippen MR) is 219 cm³/mol. The molecule has 0 bridgehead atoms. The number of fused-ring (bicyclic) bond motifs is 8. The van der Waals surface area contributed by atoms with Gasteiger partial charge in [-0.2, -0.15) is 9.97 Å². The molecule has 0 spiro atoms. The third kappa shape index (κ3) is 4.66. The fourth-order valence-electron chi connectivity index (χ4n) is 9.22. The second-order valence-electron chi connectivity index (χ2n) is 16.0. The Morgan fingerprint density at radius 3 is 1.60 bits per heavy atom. The first-order valence-corrected chi connectivity index (χ1v) is 18.7. The molecule has 53 heavy (non-hydrogen) atoms. The zero-order valence-corrected chi connectivity index (χ0v) is 30.8. The number of nitrogens with zero attached hydrogens (tertiary/aromatic N) is 5. The van der Waals surface area contributed by atoms with Crippen molar-refractivity contribution in [1.82, 2.24) is 24.1 Å². The third-order valence-electron chi connectivity index (χ3n) is 12.1. The molecule has 1 aliphatic carbocycles. The van der Waals surface area contributed by atoms with Crippen molar-refractivity contribution in [2.75, 3.05) is 0 Å². The molecule has 0 fully saturated rings. The molecule has 6 aromatic carbocycles. The molecule has 1 aliphatic rings. The van der Waals surface area contributed by atoms with Gasteiger partial charge in [0.05, 0.1) is 27.8 Å². The van der Waals surface area contributed by atoms with Crippen LogP contribution in [0.3, 0.4) is 0 Å². The van der Waals surface area contributed by atoms with E-state index in [0.29, 0.717) is 23.5 Å². The van der Waals surface area contributed by atoms with E-state index in [0.717, 1.165) is 44.9 Å². The summed E-state index contributed by atoms with van der Waals surface area (Å²) in [5.74, 6) is 2.43. The van der Waals surface area contributed by atoms with Crippen LogP contribution in [-0.4, -0.2) is 24.1 Å². The largest absolute Gasteiger partial charge is 0.307 e. The topological polar surface area (TPSA) is 48.5 Å². The van der Waals surface area contributed by atoms with E-state index >= 15 is 0 Å². The smallest absolute Gasteiger partial charge is 0.238 e. The zero-order valence-electron chi connectivity index (χ0n) is 30.8. The lowest BCUT2D eigenvalue weighted by Crippen LogP contribution is -2.41. The van der Waals surface area contributed by atoms with Crippen LogP contribution in [0.1, 0.15) is 52.2 Å². The summed E-state index contributed by atoms with van der Waals surface area (Å²) < 4.78 is 4.84. The Bertz CT molecular complexity index is 2820. The Labute approximate surface area is 309 Å². The summed E-state index contributed by atoms with van der Waals surface area (Å²) in [5, 5.41) is 4.76. The van der Waals surface area contributed by atoms with E-state index in [1.165, 1.54) is 33.1 Å². The maximum absolute atomic E-state index is 5.29. The van der Waals surface area contributed by atoms with Crippen molar-refractivity contribution < 1.29 is 0 Å². The highest BCUT2D eigenvalue weighted by molar-refractivity contribution is 6.23. The van der Waals surface area contributed by atoms with Gasteiger partial charge < -0.3 is 4.57 Å². The third-order valence-corrected chi connectivity index (χ3v) is 12.1. The van der Waals surface area contributed by atoms with Crippen molar-refractivity contribution in [3.63, 3.8) is 0 Å². The van der Waals surface area contributed by atoms with Gasteiger partial charge in [0.25, 0.3) is 0 Å². The van der Waals surface area contributed by atoms with E-state index in [1.54, 1.807) is 0 Å². The van der Waals surface area contributed by atoms with Crippen molar-refractivity contribution in [1.29, 1.82) is 0 Å². The van der Waals surface area contributed by atoms with Crippen LogP contribution >= 0.6 is 0 Å². The van der Waals surface area contributed by atoms with Gasteiger partial charge in [-0.25, -0.2) is 4.98 Å². The van der Waals surface area contributed by atoms with E-state index in [-0.39, 0.29) is 10.8 Å². The molecule has 0 radical (unpaired) electrons. The lowest BCUT2D eigenvalue weighted by Gasteiger charge is -2.47. The van der Waals surface area contributed by atoms with E-state index in [9.17, 15) is 0 Å². The first-order chi connectivity index (χ1) is 25.7. The van der Waals surface area contributed by atoms with Gasteiger partial charge in [-0.1, -0.05) is 156 Å². The van der Waals surface area contributed by atoms with Crippen LogP contribution in [-0.2, 0) is 10.8 Å². The predicted octanol–water partition coefficient (Wildman–Crippen LogP) is 12.0. The minimum absolute atomic E-state index is 0.0253. The molecular formula is C48H41N5. The van der Waals surface area contributed by atoms with Crippen LogP contribution in [0.25, 0.3) is 78.0 Å². The summed E-state index contributed by atoms with van der Waals surface area (Å²) in [7, 11) is 0. The fraction of sp³-hybridized carbons (Fsp3) is 0.188. The second-order valence-corrected chi connectivity index (χ2v) is 16.0. The lowest BCUT2D eigenvalue weighted by atomic mass is 9.58. The summed E-state index contributed by atoms with van der Waals surface area (Å²) >= 11 is 0. The minimum Gasteiger partial charge on any atom is -0.307 e. The number of para-hydroxylation sites is 2. The number of hydrogen-bond acceptors (Lipinski definition) is 3. The monoisotopic (exact) mass is 687 g/mol. The molecule has 1 unspecified atom stereocenters. The van der Waals surface area contributed by atoms with Crippen LogP contribution in [0.4, 0.5) is 0 Å². The fourth-order valence-corrected chi connectivity index (χ4v) is 9.22. The summed E-state index contributed by atoms with van der Waals surface area (Å²) in [5.41, 5.74) is 10.5. The van der Waals surface area contributed by atoms with Crippen molar-refractivity contribution in [2.24, 2.45) is 5.92 Å². The Hall–Kier alpha value is -6.07. The van der Waals surface area contributed by atoms with Gasteiger partial charge in [0.15, 0.2) is 11.6 Å². The summed E-state index contributed by atoms with van der Waals surface area (Å²) in [4.78, 5) is 15.6. The van der Waals surface area contributed by atoms with Gasteiger partial charge in [-0.3, -0.25) is 4.57 Å². The maximum Gasteiger partial charge on any atom is 0.238 e. The Morgan fingerprint density at radius 1 is 0.509 bits per heavy atom. The molecule has 0 saturated carbocycles. The molecule has 0 aliphatic heterocycles. The van der Waals surface area contributed by atoms with Crippen LogP contribution in [0.15, 0.2) is 140 Å². The van der Waals surface area contributed by atoms with Crippen molar-refractivity contribution >= 4 is 43.6 Å². The molecule has 0 saturated heterocycles. The van der Waals surface area contributed by atoms with Gasteiger partial charge >= 0.3 is 0 Å². The molecule has 10 rings (SSSR count). The number of aromatic nitrogens is 5. The van der Waals surface area contributed by atoms with Crippen LogP contribution in [0.5, 0.6) is 0 Å². The average Bonchev–Trinajstić information content (AvgIpc) is 3.70. The summed E-state index contributed by atoms with van der Waals surface area (Å²) in [6.45, 7) is 12.1. The van der Waals surface area contributed by atoms with E-state index in [1.807, 2.05) is 36.4 Å². The quantitative estimate of drug-likeness (QED) is 0.185. The molecule has 258 valence electrons. The van der Waals surface area contributed by atoms with Gasteiger partial charge in [-0.15, -0.1) is 0 Å². The van der Waals surface area contributed by atoms with Gasteiger partial charge in [-0.05, 0) is 52.5 Å². The minimum atomic E-state index is -0.0253. The number of benzene rings is 6. The average molecular weight is 688 g/mol. The molecule has 0 amide bonds. The highest BCUT2D eigenvalue weighted by Gasteiger charge is 2.43. The standard InChI is InChI=1S/C48H41N5/c1-30-29-47(2,3)41-37(48(30,4)5)23-16-26-40(41)52-38-24-14-12-21-33(38)35-27-28-36-34-22-13-15-25-39(34)53(43(36)42(35)52)46-50-44(31-17-8-6-9-18-31)49-45(51-46)32-19-10-7-11-20-32/h6-28,30H,29H2,1-5H3. The highest BCUT2D eigenvalue weighted by Crippen LogP contribution is 2.52. The van der Waals surface area contributed by atoms with E-state index < -0.39 is 0 Å². The Balaban J connectivity index is 1.39. The molecule has 3 aromatic heterocycles. The highest BCUT2D eigenvalue weighted by atomic mass is 15.2. The van der Waals surface area contributed by atoms with Gasteiger partial charge in [0.1, 0.15) is 0 Å². The molecule has 9 aromatic rings. The first-order valence-electron chi connectivity index (χ1n) is 18.7. The van der Waals surface area contributed by atoms with Crippen molar-refractivity contribution in [2.45, 2.75) is 51.9 Å². The number of rotatable bonds is 4. The summed E-state index contributed by atoms with van der Waals surface area (Å²) in [6, 6.07) is 49.6. The molecule has 5 nitrogen and oxygen atoms in total. The lowest BCUT2D eigenvalue weighted by molar-refractivity contribution is 0.233. The molecule has 1 atom stereocenters. The van der Waals surface area contributed by atoms with Gasteiger partial charge in [0.2, 0.25) is 5.95 Å². The molecule has 3 heterocycles.